The second-order valence-electron chi connectivity index (χ2n) is 6.94. The monoisotopic (exact) mass is 504 g/mol. The lowest BCUT2D eigenvalue weighted by atomic mass is 10.1. The van der Waals surface area contributed by atoms with Gasteiger partial charge in [0, 0.05) is 18.7 Å². The third kappa shape index (κ3) is 4.90. The number of benzene rings is 3. The molecule has 0 bridgehead atoms. The molecule has 3 rings (SSSR count). The number of hydrogen-bond acceptors (Lipinski definition) is 4. The number of sulfonamides is 1. The molecule has 0 aliphatic rings. The van der Waals surface area contributed by atoms with Crippen molar-refractivity contribution in [1.82, 2.24) is 9.79 Å². The van der Waals surface area contributed by atoms with E-state index in [0.29, 0.717) is 4.31 Å². The van der Waals surface area contributed by atoms with E-state index >= 15 is 0 Å². The number of nitrogens with zero attached hydrogens (tertiary/aromatic N) is 1. The summed E-state index contributed by atoms with van der Waals surface area (Å²) >= 11 is 0. The highest BCUT2D eigenvalue weighted by Gasteiger charge is 2.37. The first kappa shape index (κ1) is 25.2. The second kappa shape index (κ2) is 9.83. The quantitative estimate of drug-likeness (QED) is 0.167. The lowest BCUT2D eigenvalue weighted by molar-refractivity contribution is 0.0706. The Kier molecular flexibility index (Phi) is 7.29. The van der Waals surface area contributed by atoms with Crippen LogP contribution in [0.15, 0.2) is 53.4 Å². The Morgan fingerprint density at radius 1 is 0.735 bits per heavy atom. The molecule has 0 saturated carbocycles. The van der Waals surface area contributed by atoms with Crippen molar-refractivity contribution >= 4 is 15.9 Å². The van der Waals surface area contributed by atoms with Gasteiger partial charge >= 0.3 is 0 Å². The van der Waals surface area contributed by atoms with Crippen molar-refractivity contribution < 1.29 is 44.8 Å². The Morgan fingerprint density at radius 3 is 1.59 bits per heavy atom. The molecule has 0 atom stereocenters. The SMILES string of the molecule is O=C(NO)c1ccc(CN(Cc2ccc(F)cc2)S(=O)(=O)c2c(F)c(F)c(F)c(F)c2F)cc1. The molecule has 0 aliphatic heterocycles. The summed E-state index contributed by atoms with van der Waals surface area (Å²) in [5, 5.41) is 8.66. The molecular formula is C21H14F6N2O4S. The van der Waals surface area contributed by atoms with Gasteiger partial charge in [-0.3, -0.25) is 10.0 Å². The van der Waals surface area contributed by atoms with Gasteiger partial charge in [-0.2, -0.15) is 4.31 Å². The summed E-state index contributed by atoms with van der Waals surface area (Å²) in [6.07, 6.45) is 0. The molecule has 0 radical (unpaired) electrons. The highest BCUT2D eigenvalue weighted by atomic mass is 32.2. The van der Waals surface area contributed by atoms with Gasteiger partial charge in [0.2, 0.25) is 15.8 Å². The summed E-state index contributed by atoms with van der Waals surface area (Å²) in [4.78, 5) is 9.40. The topological polar surface area (TPSA) is 86.7 Å². The van der Waals surface area contributed by atoms with E-state index in [1.165, 1.54) is 41.9 Å². The highest BCUT2D eigenvalue weighted by molar-refractivity contribution is 7.89. The van der Waals surface area contributed by atoms with Gasteiger partial charge < -0.3 is 0 Å². The van der Waals surface area contributed by atoms with Gasteiger partial charge in [-0.25, -0.2) is 40.2 Å². The van der Waals surface area contributed by atoms with Crippen LogP contribution < -0.4 is 5.48 Å². The first-order valence-electron chi connectivity index (χ1n) is 9.26. The van der Waals surface area contributed by atoms with Crippen LogP contribution in [-0.4, -0.2) is 23.8 Å². The Hall–Kier alpha value is -3.42. The van der Waals surface area contributed by atoms with E-state index in [1.54, 1.807) is 0 Å². The van der Waals surface area contributed by atoms with Gasteiger partial charge in [-0.1, -0.05) is 24.3 Å². The number of carbonyl (C=O) groups is 1. The Labute approximate surface area is 189 Å². The van der Waals surface area contributed by atoms with Crippen LogP contribution in [0.5, 0.6) is 0 Å². The highest BCUT2D eigenvalue weighted by Crippen LogP contribution is 2.30. The molecule has 1 amide bonds. The van der Waals surface area contributed by atoms with Crippen molar-refractivity contribution in [3.05, 3.63) is 100 Å². The molecule has 0 spiro atoms. The van der Waals surface area contributed by atoms with Crippen LogP contribution >= 0.6 is 0 Å². The van der Waals surface area contributed by atoms with E-state index < -0.39 is 68.8 Å². The summed E-state index contributed by atoms with van der Waals surface area (Å²) < 4.78 is 109. The van der Waals surface area contributed by atoms with Gasteiger partial charge in [0.25, 0.3) is 5.91 Å². The minimum Gasteiger partial charge on any atom is -0.288 e. The molecule has 6 nitrogen and oxygen atoms in total. The summed E-state index contributed by atoms with van der Waals surface area (Å²) in [6.45, 7) is -1.25. The minimum atomic E-state index is -5.34. The fourth-order valence-electron chi connectivity index (χ4n) is 2.99. The number of hydroxylamine groups is 1. The summed E-state index contributed by atoms with van der Waals surface area (Å²) in [7, 11) is -5.34. The smallest absolute Gasteiger partial charge is 0.274 e. The zero-order chi connectivity index (χ0) is 25.2. The molecule has 2 N–H and O–H groups in total. The van der Waals surface area contributed by atoms with E-state index in [1.807, 2.05) is 0 Å². The van der Waals surface area contributed by atoms with Crippen molar-refractivity contribution in [2.75, 3.05) is 0 Å². The fraction of sp³-hybridized carbons (Fsp3) is 0.0952. The maximum absolute atomic E-state index is 14.3. The molecule has 180 valence electrons. The molecule has 0 heterocycles. The van der Waals surface area contributed by atoms with E-state index in [4.69, 9.17) is 5.21 Å². The standard InChI is InChI=1S/C21H14F6N2O4S/c22-14-7-3-12(4-8-14)10-29(9-11-1-5-13(6-2-11)21(30)28-31)34(32,33)20-18(26)16(24)15(23)17(25)19(20)27/h1-8,31H,9-10H2,(H,28,30). The first-order valence-corrected chi connectivity index (χ1v) is 10.7. The first-order chi connectivity index (χ1) is 16.0. The third-order valence-electron chi connectivity index (χ3n) is 4.72. The molecule has 0 saturated heterocycles. The largest absolute Gasteiger partial charge is 0.288 e. The van der Waals surface area contributed by atoms with E-state index in [9.17, 15) is 39.6 Å². The van der Waals surface area contributed by atoms with Crippen LogP contribution in [0.1, 0.15) is 21.5 Å². The van der Waals surface area contributed by atoms with Crippen molar-refractivity contribution in [3.8, 4) is 0 Å². The molecule has 0 aromatic heterocycles. The number of rotatable bonds is 7. The average molecular weight is 504 g/mol. The lowest BCUT2D eigenvalue weighted by Gasteiger charge is -2.23. The van der Waals surface area contributed by atoms with Crippen LogP contribution in [0.25, 0.3) is 0 Å². The Bertz CT molecular complexity index is 1300. The second-order valence-corrected chi connectivity index (χ2v) is 8.81. The predicted molar refractivity (Wildman–Crippen MR) is 105 cm³/mol. The third-order valence-corrected chi connectivity index (χ3v) is 6.53. The van der Waals surface area contributed by atoms with Crippen LogP contribution in [0.3, 0.4) is 0 Å². The van der Waals surface area contributed by atoms with Gasteiger partial charge in [0.15, 0.2) is 28.2 Å². The molecule has 0 fully saturated rings. The molecule has 0 unspecified atom stereocenters. The average Bonchev–Trinajstić information content (AvgIpc) is 2.82. The number of amides is 1. The fourth-order valence-corrected chi connectivity index (χ4v) is 4.52. The predicted octanol–water partition coefficient (Wildman–Crippen LogP) is 4.03. The van der Waals surface area contributed by atoms with Gasteiger partial charge in [0.05, 0.1) is 0 Å². The number of hydrogen-bond donors (Lipinski definition) is 2. The van der Waals surface area contributed by atoms with Gasteiger partial charge in [-0.05, 0) is 35.4 Å². The van der Waals surface area contributed by atoms with Crippen LogP contribution in [-0.2, 0) is 23.1 Å². The Balaban J connectivity index is 2.10. The zero-order valence-electron chi connectivity index (χ0n) is 16.8. The normalized spacial score (nSPS) is 11.6. The lowest BCUT2D eigenvalue weighted by Crippen LogP contribution is -2.32. The van der Waals surface area contributed by atoms with Crippen LogP contribution in [0, 0.1) is 34.9 Å². The molecule has 3 aromatic carbocycles. The summed E-state index contributed by atoms with van der Waals surface area (Å²) in [5.74, 6) is -14.0. The maximum Gasteiger partial charge on any atom is 0.274 e. The van der Waals surface area contributed by atoms with Gasteiger partial charge in [-0.15, -0.1) is 0 Å². The van der Waals surface area contributed by atoms with Crippen molar-refractivity contribution in [3.63, 3.8) is 0 Å². The van der Waals surface area contributed by atoms with E-state index in [-0.39, 0.29) is 16.7 Å². The van der Waals surface area contributed by atoms with Crippen molar-refractivity contribution in [2.45, 2.75) is 18.0 Å². The Morgan fingerprint density at radius 2 is 1.15 bits per heavy atom. The number of carbonyl (C=O) groups excluding carboxylic acids is 1. The van der Waals surface area contributed by atoms with Crippen LogP contribution in [0.2, 0.25) is 0 Å². The van der Waals surface area contributed by atoms with Gasteiger partial charge in [0.1, 0.15) is 5.82 Å². The molecular weight excluding hydrogens is 490 g/mol. The van der Waals surface area contributed by atoms with Crippen LogP contribution in [0.4, 0.5) is 26.3 Å². The van der Waals surface area contributed by atoms with Crippen molar-refractivity contribution in [2.24, 2.45) is 0 Å². The van der Waals surface area contributed by atoms with E-state index in [2.05, 4.69) is 0 Å². The molecule has 3 aromatic rings. The maximum atomic E-state index is 14.3. The number of halogens is 6. The number of nitrogens with one attached hydrogen (secondary N) is 1. The molecule has 34 heavy (non-hydrogen) atoms. The summed E-state index contributed by atoms with van der Waals surface area (Å²) in [5.41, 5.74) is 1.68. The molecule has 13 heteroatoms. The van der Waals surface area contributed by atoms with E-state index in [0.717, 1.165) is 12.1 Å². The molecule has 0 aliphatic carbocycles. The summed E-state index contributed by atoms with van der Waals surface area (Å²) in [6, 6.07) is 9.20. The minimum absolute atomic E-state index is 0.0149. The zero-order valence-corrected chi connectivity index (χ0v) is 17.6. The van der Waals surface area contributed by atoms with Crippen molar-refractivity contribution in [1.29, 1.82) is 0 Å².